The molecule has 2 unspecified atom stereocenters. The molecule has 0 N–H and O–H groups in total. The van der Waals surface area contributed by atoms with Gasteiger partial charge in [-0.3, -0.25) is 9.59 Å². The molecule has 0 radical (unpaired) electrons. The first-order chi connectivity index (χ1) is 11.1. The quantitative estimate of drug-likeness (QED) is 0.335. The van der Waals surface area contributed by atoms with Gasteiger partial charge < -0.3 is 9.47 Å². The van der Waals surface area contributed by atoms with E-state index in [0.29, 0.717) is 5.56 Å². The van der Waals surface area contributed by atoms with Gasteiger partial charge in [0.25, 0.3) is 0 Å². The summed E-state index contributed by atoms with van der Waals surface area (Å²) in [5.74, 6) is 0.286. The number of esters is 1. The summed E-state index contributed by atoms with van der Waals surface area (Å²) in [5.41, 5.74) is 0.393. The van der Waals surface area contributed by atoms with Crippen molar-refractivity contribution in [1.29, 1.82) is 0 Å². The van der Waals surface area contributed by atoms with Crippen molar-refractivity contribution in [3.05, 3.63) is 29.8 Å². The van der Waals surface area contributed by atoms with E-state index in [2.05, 4.69) is 4.74 Å². The second-order valence-electron chi connectivity index (χ2n) is 6.24. The molecule has 0 amide bonds. The van der Waals surface area contributed by atoms with Crippen molar-refractivity contribution in [2.45, 2.75) is 38.7 Å². The maximum absolute atomic E-state index is 12.0. The normalized spacial score (nSPS) is 24.7. The lowest BCUT2D eigenvalue weighted by Gasteiger charge is -2.15. The number of ketones is 2. The SMILES string of the molecule is CCOC(=O)C(=O)CC(=O)c1ccc(OC2CC3CC3C2)cc1. The van der Waals surface area contributed by atoms with E-state index in [1.807, 2.05) is 0 Å². The molecule has 0 aromatic heterocycles. The molecule has 0 bridgehead atoms. The minimum absolute atomic E-state index is 0.119. The number of hydrogen-bond acceptors (Lipinski definition) is 5. The fourth-order valence-electron chi connectivity index (χ4n) is 3.20. The molecule has 2 saturated carbocycles. The van der Waals surface area contributed by atoms with Crippen LogP contribution in [0.1, 0.15) is 43.0 Å². The molecule has 2 aliphatic rings. The number of carbonyl (C=O) groups excluding carboxylic acids is 3. The van der Waals surface area contributed by atoms with E-state index in [9.17, 15) is 14.4 Å². The summed E-state index contributed by atoms with van der Waals surface area (Å²) in [6.45, 7) is 1.73. The highest BCUT2D eigenvalue weighted by Gasteiger charge is 2.46. The third-order valence-corrected chi connectivity index (χ3v) is 4.50. The van der Waals surface area contributed by atoms with Crippen molar-refractivity contribution in [2.75, 3.05) is 6.61 Å². The van der Waals surface area contributed by atoms with Crippen LogP contribution in [0.15, 0.2) is 24.3 Å². The molecule has 1 aromatic rings. The van der Waals surface area contributed by atoms with E-state index >= 15 is 0 Å². The van der Waals surface area contributed by atoms with Crippen LogP contribution in [-0.4, -0.2) is 30.2 Å². The first-order valence-corrected chi connectivity index (χ1v) is 8.06. The van der Waals surface area contributed by atoms with Gasteiger partial charge in [0.15, 0.2) is 5.78 Å². The molecule has 1 aromatic carbocycles. The number of benzene rings is 1. The Bertz CT molecular complexity index is 609. The Hall–Kier alpha value is -2.17. The van der Waals surface area contributed by atoms with Gasteiger partial charge in [-0.1, -0.05) is 0 Å². The van der Waals surface area contributed by atoms with Crippen LogP contribution in [-0.2, 0) is 14.3 Å². The lowest BCUT2D eigenvalue weighted by atomic mass is 10.1. The largest absolute Gasteiger partial charge is 0.490 e. The van der Waals surface area contributed by atoms with Crippen LogP contribution in [0.2, 0.25) is 0 Å². The Kier molecular flexibility index (Phi) is 4.46. The predicted molar refractivity (Wildman–Crippen MR) is 82.3 cm³/mol. The van der Waals surface area contributed by atoms with Gasteiger partial charge >= 0.3 is 5.97 Å². The van der Waals surface area contributed by atoms with Gasteiger partial charge in [0.05, 0.1) is 19.1 Å². The highest BCUT2D eigenvalue weighted by Crippen LogP contribution is 2.52. The first-order valence-electron chi connectivity index (χ1n) is 8.06. The number of hydrogen-bond donors (Lipinski definition) is 0. The zero-order chi connectivity index (χ0) is 16.4. The summed E-state index contributed by atoms with van der Waals surface area (Å²) in [6.07, 6.45) is 3.41. The second kappa shape index (κ2) is 6.52. The van der Waals surface area contributed by atoms with Crippen LogP contribution in [0, 0.1) is 11.8 Å². The minimum atomic E-state index is -0.958. The van der Waals surface area contributed by atoms with Crippen LogP contribution in [0.4, 0.5) is 0 Å². The Balaban J connectivity index is 1.52. The van der Waals surface area contributed by atoms with Crippen LogP contribution in [0.3, 0.4) is 0 Å². The van der Waals surface area contributed by atoms with Gasteiger partial charge in [0.2, 0.25) is 5.78 Å². The second-order valence-corrected chi connectivity index (χ2v) is 6.24. The van der Waals surface area contributed by atoms with Crippen LogP contribution in [0.5, 0.6) is 5.75 Å². The van der Waals surface area contributed by atoms with Crippen molar-refractivity contribution in [3.63, 3.8) is 0 Å². The molecule has 0 aliphatic heterocycles. The molecule has 0 heterocycles. The molecule has 2 atom stereocenters. The number of rotatable bonds is 7. The number of Topliss-reactive ketones (excluding diaryl/α,β-unsaturated/α-hetero) is 2. The third kappa shape index (κ3) is 3.78. The molecule has 122 valence electrons. The topological polar surface area (TPSA) is 69.7 Å². The first kappa shape index (κ1) is 15.7. The van der Waals surface area contributed by atoms with Gasteiger partial charge in [-0.2, -0.15) is 0 Å². The van der Waals surface area contributed by atoms with Crippen LogP contribution >= 0.6 is 0 Å². The smallest absolute Gasteiger partial charge is 0.375 e. The third-order valence-electron chi connectivity index (χ3n) is 4.50. The van der Waals surface area contributed by atoms with Crippen molar-refractivity contribution in [2.24, 2.45) is 11.8 Å². The summed E-state index contributed by atoms with van der Waals surface area (Å²) >= 11 is 0. The van der Waals surface area contributed by atoms with E-state index in [4.69, 9.17) is 4.74 Å². The molecular formula is C18H20O5. The maximum atomic E-state index is 12.0. The Morgan fingerprint density at radius 2 is 1.70 bits per heavy atom. The summed E-state index contributed by atoms with van der Waals surface area (Å²) in [5, 5.41) is 0. The van der Waals surface area contributed by atoms with Crippen molar-refractivity contribution < 1.29 is 23.9 Å². The van der Waals surface area contributed by atoms with E-state index in [1.165, 1.54) is 6.42 Å². The highest BCUT2D eigenvalue weighted by molar-refractivity contribution is 6.38. The summed E-state index contributed by atoms with van der Waals surface area (Å²) < 4.78 is 10.5. The average molecular weight is 316 g/mol. The van der Waals surface area contributed by atoms with Gasteiger partial charge in [0.1, 0.15) is 5.75 Å². The number of carbonyl (C=O) groups is 3. The Morgan fingerprint density at radius 3 is 2.30 bits per heavy atom. The summed E-state index contributed by atoms with van der Waals surface area (Å²) in [6, 6.07) is 6.75. The average Bonchev–Trinajstić information content (AvgIpc) is 3.15. The highest BCUT2D eigenvalue weighted by atomic mass is 16.5. The molecule has 0 spiro atoms. The van der Waals surface area contributed by atoms with Crippen LogP contribution < -0.4 is 4.74 Å². The van der Waals surface area contributed by atoms with Gasteiger partial charge in [-0.15, -0.1) is 0 Å². The van der Waals surface area contributed by atoms with Gasteiger partial charge in [0, 0.05) is 5.56 Å². The molecule has 2 aliphatic carbocycles. The number of fused-ring (bicyclic) bond motifs is 1. The van der Waals surface area contributed by atoms with Crippen molar-refractivity contribution in [1.82, 2.24) is 0 Å². The predicted octanol–water partition coefficient (Wildman–Crippen LogP) is 2.57. The van der Waals surface area contributed by atoms with E-state index < -0.39 is 24.0 Å². The van der Waals surface area contributed by atoms with E-state index in [1.54, 1.807) is 31.2 Å². The molecule has 23 heavy (non-hydrogen) atoms. The van der Waals surface area contributed by atoms with Crippen LogP contribution in [0.25, 0.3) is 0 Å². The molecule has 5 heteroatoms. The molecule has 2 fully saturated rings. The lowest BCUT2D eigenvalue weighted by Crippen LogP contribution is -2.20. The maximum Gasteiger partial charge on any atom is 0.375 e. The monoisotopic (exact) mass is 316 g/mol. The number of ether oxygens (including phenoxy) is 2. The fourth-order valence-corrected chi connectivity index (χ4v) is 3.20. The standard InChI is InChI=1S/C18H20O5/c1-2-22-18(21)17(20)10-16(19)11-3-5-14(6-4-11)23-15-8-12-7-13(12)9-15/h3-6,12-13,15H,2,7-10H2,1H3. The van der Waals surface area contributed by atoms with Crippen molar-refractivity contribution >= 4 is 17.5 Å². The summed E-state index contributed by atoms with van der Waals surface area (Å²) in [4.78, 5) is 34.8. The zero-order valence-electron chi connectivity index (χ0n) is 13.1. The van der Waals surface area contributed by atoms with E-state index in [-0.39, 0.29) is 12.7 Å². The molecular weight excluding hydrogens is 296 g/mol. The molecule has 5 nitrogen and oxygen atoms in total. The zero-order valence-corrected chi connectivity index (χ0v) is 13.1. The van der Waals surface area contributed by atoms with Gasteiger partial charge in [-0.05, 0) is 62.3 Å². The Labute approximate surface area is 135 Å². The molecule has 3 rings (SSSR count). The summed E-state index contributed by atoms with van der Waals surface area (Å²) in [7, 11) is 0. The van der Waals surface area contributed by atoms with Gasteiger partial charge in [-0.25, -0.2) is 4.79 Å². The van der Waals surface area contributed by atoms with E-state index in [0.717, 1.165) is 30.4 Å². The van der Waals surface area contributed by atoms with Crippen molar-refractivity contribution in [3.8, 4) is 5.75 Å². The Morgan fingerprint density at radius 1 is 1.04 bits per heavy atom. The fraction of sp³-hybridized carbons (Fsp3) is 0.500. The molecule has 0 saturated heterocycles. The lowest BCUT2D eigenvalue weighted by molar-refractivity contribution is -0.153. The minimum Gasteiger partial charge on any atom is -0.490 e.